The fraction of sp³-hybridized carbons (Fsp3) is 0.500. The zero-order valence-corrected chi connectivity index (χ0v) is 20.6. The average Bonchev–Trinajstić information content (AvgIpc) is 3.42. The lowest BCUT2D eigenvalue weighted by molar-refractivity contribution is -0.223. The highest BCUT2D eigenvalue weighted by molar-refractivity contribution is 5.94. The molecule has 2 amide bonds. The van der Waals surface area contributed by atoms with E-state index in [1.807, 2.05) is 0 Å². The van der Waals surface area contributed by atoms with E-state index in [-0.39, 0.29) is 37.3 Å². The molecule has 0 bridgehead atoms. The van der Waals surface area contributed by atoms with Crippen molar-refractivity contribution in [1.82, 2.24) is 19.6 Å². The third-order valence-electron chi connectivity index (χ3n) is 7.37. The van der Waals surface area contributed by atoms with Gasteiger partial charge in [-0.2, -0.15) is 31.4 Å². The number of nitrogens with zero attached hydrogens (tertiary/aromatic N) is 4. The first-order valence-electron chi connectivity index (χ1n) is 11.6. The largest absolute Gasteiger partial charge is 0.481 e. The molecule has 1 aromatic carbocycles. The van der Waals surface area contributed by atoms with Gasteiger partial charge in [-0.1, -0.05) is 6.07 Å². The van der Waals surface area contributed by atoms with Crippen LogP contribution >= 0.6 is 0 Å². The van der Waals surface area contributed by atoms with Crippen LogP contribution in [0.1, 0.15) is 35.3 Å². The minimum absolute atomic E-state index is 0.0580. The topological polar surface area (TPSA) is 95.7 Å². The average molecular weight is 564 g/mol. The van der Waals surface area contributed by atoms with Crippen LogP contribution in [-0.4, -0.2) is 74.8 Å². The van der Waals surface area contributed by atoms with Crippen LogP contribution in [0.25, 0.3) is 0 Å². The van der Waals surface area contributed by atoms with Crippen molar-refractivity contribution < 1.29 is 50.2 Å². The lowest BCUT2D eigenvalue weighted by atomic mass is 9.70. The van der Waals surface area contributed by atoms with Gasteiger partial charge in [0, 0.05) is 37.8 Å². The summed E-state index contributed by atoms with van der Waals surface area (Å²) in [6.45, 7) is 0.0462. The van der Waals surface area contributed by atoms with E-state index in [0.29, 0.717) is 6.07 Å². The summed E-state index contributed by atoms with van der Waals surface area (Å²) < 4.78 is 94.2. The number of amides is 2. The monoisotopic (exact) mass is 564 g/mol. The van der Waals surface area contributed by atoms with Gasteiger partial charge in [-0.05, 0) is 31.5 Å². The molecule has 2 fully saturated rings. The number of carboxylic acid groups (broad SMARTS) is 1. The number of benzene rings is 1. The first kappa shape index (κ1) is 28.4. The number of aliphatic carboxylic acids is 1. The normalized spacial score (nSPS) is 19.4. The van der Waals surface area contributed by atoms with E-state index in [1.165, 1.54) is 4.90 Å². The Kier molecular flexibility index (Phi) is 6.71. The second-order valence-electron chi connectivity index (χ2n) is 10.4. The van der Waals surface area contributed by atoms with E-state index >= 15 is 0 Å². The van der Waals surface area contributed by atoms with Crippen LogP contribution in [0.15, 0.2) is 30.6 Å². The van der Waals surface area contributed by atoms with Crippen molar-refractivity contribution in [3.05, 3.63) is 53.1 Å². The smallest absolute Gasteiger partial charge is 0.416 e. The van der Waals surface area contributed by atoms with Gasteiger partial charge in [-0.15, -0.1) is 0 Å². The highest BCUT2D eigenvalue weighted by Gasteiger charge is 2.63. The van der Waals surface area contributed by atoms with Gasteiger partial charge in [0.25, 0.3) is 5.91 Å². The molecule has 1 N–H and O–H groups in total. The summed E-state index contributed by atoms with van der Waals surface area (Å²) in [4.78, 5) is 39.6. The van der Waals surface area contributed by atoms with Crippen LogP contribution < -0.4 is 0 Å². The maximum atomic E-state index is 13.4. The molecule has 1 spiro atoms. The third-order valence-corrected chi connectivity index (χ3v) is 7.37. The zero-order valence-electron chi connectivity index (χ0n) is 20.6. The van der Waals surface area contributed by atoms with Crippen molar-refractivity contribution in [2.24, 2.45) is 16.7 Å². The van der Waals surface area contributed by atoms with Crippen LogP contribution in [0.4, 0.5) is 30.7 Å². The summed E-state index contributed by atoms with van der Waals surface area (Å²) in [5.74, 6) is -5.38. The molecule has 0 unspecified atom stereocenters. The van der Waals surface area contributed by atoms with Crippen LogP contribution in [0.5, 0.6) is 0 Å². The summed E-state index contributed by atoms with van der Waals surface area (Å²) in [6.07, 6.45) is -7.39. The highest BCUT2D eigenvalue weighted by atomic mass is 19.4. The van der Waals surface area contributed by atoms with Gasteiger partial charge in [-0.25, -0.2) is 4.39 Å². The second kappa shape index (κ2) is 9.23. The summed E-state index contributed by atoms with van der Waals surface area (Å²) in [7, 11) is 0. The van der Waals surface area contributed by atoms with Crippen LogP contribution in [0.2, 0.25) is 0 Å². The molecule has 8 nitrogen and oxygen atoms in total. The standard InChI is InChI=1S/C24H23F7N4O4/c1-21(2,24(29,30)31)20(39)34-11-22(12-34)10-33(9-17(22)19(37)38)18(36)14-6-32-35(8-14)7-13-3-4-15(25)5-16(13)23(26,27)28/h3-6,8,17H,7,9-12H2,1-2H3,(H,37,38)/t17-/m0/s1. The molecular formula is C24H23F7N4O4. The molecule has 2 aliphatic rings. The molecule has 1 atom stereocenters. The molecule has 3 heterocycles. The molecule has 2 aliphatic heterocycles. The van der Waals surface area contributed by atoms with Crippen molar-refractivity contribution in [3.8, 4) is 0 Å². The number of carbonyl (C=O) groups is 3. The zero-order chi connectivity index (χ0) is 29.1. The number of rotatable bonds is 5. The third kappa shape index (κ3) is 5.05. The molecule has 212 valence electrons. The molecule has 2 saturated heterocycles. The van der Waals surface area contributed by atoms with E-state index in [2.05, 4.69) is 5.10 Å². The number of hydrogen-bond acceptors (Lipinski definition) is 4. The Morgan fingerprint density at radius 3 is 2.23 bits per heavy atom. The molecule has 39 heavy (non-hydrogen) atoms. The Labute approximate surface area is 217 Å². The first-order chi connectivity index (χ1) is 17.9. The second-order valence-corrected chi connectivity index (χ2v) is 10.4. The molecule has 2 aromatic rings. The van der Waals surface area contributed by atoms with E-state index < -0.39 is 64.8 Å². The minimum Gasteiger partial charge on any atom is -0.481 e. The van der Waals surface area contributed by atoms with E-state index in [9.17, 15) is 50.2 Å². The van der Waals surface area contributed by atoms with Crippen LogP contribution in [0, 0.1) is 22.6 Å². The molecule has 0 radical (unpaired) electrons. The lowest BCUT2D eigenvalue weighted by Gasteiger charge is -2.51. The predicted octanol–water partition coefficient (Wildman–Crippen LogP) is 3.66. The number of hydrogen-bond donors (Lipinski definition) is 1. The Balaban J connectivity index is 1.48. The highest BCUT2D eigenvalue weighted by Crippen LogP contribution is 2.48. The van der Waals surface area contributed by atoms with E-state index in [4.69, 9.17) is 0 Å². The number of likely N-dealkylation sites (tertiary alicyclic amines) is 2. The van der Waals surface area contributed by atoms with Crippen LogP contribution in [0.3, 0.4) is 0 Å². The number of carboxylic acids is 1. The van der Waals surface area contributed by atoms with Gasteiger partial charge in [0.15, 0.2) is 0 Å². The Morgan fingerprint density at radius 1 is 1.05 bits per heavy atom. The van der Waals surface area contributed by atoms with Crippen molar-refractivity contribution in [2.75, 3.05) is 26.2 Å². The SMILES string of the molecule is CC(C)(C(=O)N1CC2(CN(C(=O)c3cnn(Cc4ccc(F)cc4C(F)(F)F)c3)C[C@H]2C(=O)O)C1)C(F)(F)F. The number of alkyl halides is 6. The predicted molar refractivity (Wildman–Crippen MR) is 119 cm³/mol. The maximum absolute atomic E-state index is 13.4. The van der Waals surface area contributed by atoms with Crippen molar-refractivity contribution >= 4 is 17.8 Å². The van der Waals surface area contributed by atoms with Gasteiger partial charge >= 0.3 is 18.3 Å². The first-order valence-corrected chi connectivity index (χ1v) is 11.6. The van der Waals surface area contributed by atoms with Gasteiger partial charge in [0.1, 0.15) is 11.2 Å². The minimum atomic E-state index is -4.83. The molecule has 0 saturated carbocycles. The van der Waals surface area contributed by atoms with Gasteiger partial charge in [-0.3, -0.25) is 19.1 Å². The van der Waals surface area contributed by atoms with Crippen molar-refractivity contribution in [2.45, 2.75) is 32.7 Å². The Hall–Kier alpha value is -3.65. The summed E-state index contributed by atoms with van der Waals surface area (Å²) >= 11 is 0. The molecule has 1 aromatic heterocycles. The number of aromatic nitrogens is 2. The summed E-state index contributed by atoms with van der Waals surface area (Å²) in [5, 5.41) is 13.6. The number of halogens is 7. The molecule has 4 rings (SSSR count). The summed E-state index contributed by atoms with van der Waals surface area (Å²) in [6, 6.07) is 2.16. The molecular weight excluding hydrogens is 541 g/mol. The fourth-order valence-corrected chi connectivity index (χ4v) is 5.03. The van der Waals surface area contributed by atoms with E-state index in [1.54, 1.807) is 0 Å². The summed E-state index contributed by atoms with van der Waals surface area (Å²) in [5.41, 5.74) is -5.37. The fourth-order valence-electron chi connectivity index (χ4n) is 5.03. The van der Waals surface area contributed by atoms with Gasteiger partial charge in [0.2, 0.25) is 5.91 Å². The quantitative estimate of drug-likeness (QED) is 0.560. The molecule has 0 aliphatic carbocycles. The van der Waals surface area contributed by atoms with Gasteiger partial charge < -0.3 is 14.9 Å². The van der Waals surface area contributed by atoms with Gasteiger partial charge in [0.05, 0.1) is 29.8 Å². The van der Waals surface area contributed by atoms with Crippen molar-refractivity contribution in [3.63, 3.8) is 0 Å². The number of carbonyl (C=O) groups excluding carboxylic acids is 2. The van der Waals surface area contributed by atoms with Crippen LogP contribution in [-0.2, 0) is 22.3 Å². The Morgan fingerprint density at radius 2 is 1.67 bits per heavy atom. The molecule has 15 heteroatoms. The lowest BCUT2D eigenvalue weighted by Crippen LogP contribution is -2.66. The maximum Gasteiger partial charge on any atom is 0.416 e. The van der Waals surface area contributed by atoms with E-state index in [0.717, 1.165) is 48.0 Å². The Bertz CT molecular complexity index is 1310. The van der Waals surface area contributed by atoms with Crippen molar-refractivity contribution in [1.29, 1.82) is 0 Å².